The molecule has 558 valence electrons. The van der Waals surface area contributed by atoms with Crippen molar-refractivity contribution in [2.45, 2.75) is 143 Å². The number of aliphatic hydroxyl groups excluding tert-OH is 1. The van der Waals surface area contributed by atoms with Crippen molar-refractivity contribution in [1.29, 1.82) is 0 Å². The van der Waals surface area contributed by atoms with Gasteiger partial charge in [-0.25, -0.2) is 4.79 Å². The summed E-state index contributed by atoms with van der Waals surface area (Å²) in [6, 6.07) is -9.24. The van der Waals surface area contributed by atoms with Crippen molar-refractivity contribution in [2.24, 2.45) is 5.73 Å². The molecule has 0 spiro atoms. The smallest absolute Gasteiger partial charge is 0.326 e. The largest absolute Gasteiger partial charge is 0.508 e. The maximum atomic E-state index is 14.2. The Kier molecular flexibility index (Phi) is 37.3. The highest BCUT2D eigenvalue weighted by atomic mass is 32.1. The summed E-state index contributed by atoms with van der Waals surface area (Å²) in [4.78, 5) is 212. The number of hydrogen-bond donors (Lipinski definition) is 25. The number of nitrogens with two attached hydrogens (primary N) is 1. The Morgan fingerprint density at radius 2 is 0.871 bits per heavy atom. The van der Waals surface area contributed by atoms with Crippen LogP contribution in [-0.2, 0) is 89.6 Å². The van der Waals surface area contributed by atoms with Gasteiger partial charge in [0.25, 0.3) is 0 Å². The van der Waals surface area contributed by atoms with Gasteiger partial charge in [-0.3, -0.25) is 71.9 Å². The lowest BCUT2D eigenvalue weighted by Gasteiger charge is -2.30. The first-order valence-corrected chi connectivity index (χ1v) is 34.6. The molecule has 0 aliphatic carbocycles. The molecule has 36 nitrogen and oxygen atoms in total. The number of rotatable bonds is 42. The van der Waals surface area contributed by atoms with E-state index < -0.39 is 222 Å². The summed E-state index contributed by atoms with van der Waals surface area (Å²) < 4.78 is 0. The maximum Gasteiger partial charge on any atom is 0.326 e. The lowest BCUT2D eigenvalue weighted by atomic mass is 10.0. The first kappa shape index (κ1) is 86.8. The molecule has 14 atom stereocenters. The number of thiol groups is 6. The van der Waals surface area contributed by atoms with Gasteiger partial charge in [-0.05, 0) is 68.5 Å². The highest BCUT2D eigenvalue weighted by molar-refractivity contribution is 7.81. The van der Waals surface area contributed by atoms with Crippen LogP contribution in [0.5, 0.6) is 11.5 Å². The van der Waals surface area contributed by atoms with E-state index in [4.69, 9.17) is 5.73 Å². The first-order chi connectivity index (χ1) is 47.6. The third-order valence-corrected chi connectivity index (χ3v) is 17.2. The molecule has 1 heterocycles. The maximum absolute atomic E-state index is 14.2. The van der Waals surface area contributed by atoms with E-state index in [1.807, 2.05) is 0 Å². The van der Waals surface area contributed by atoms with E-state index >= 15 is 0 Å². The quantitative estimate of drug-likeness (QED) is 0.0275. The van der Waals surface area contributed by atoms with Crippen LogP contribution in [-0.4, -0.2) is 262 Å². The summed E-state index contributed by atoms with van der Waals surface area (Å²) in [7, 11) is 0. The Morgan fingerprint density at radius 3 is 1.32 bits per heavy atom. The van der Waals surface area contributed by atoms with Crippen molar-refractivity contribution >= 4 is 170 Å². The van der Waals surface area contributed by atoms with E-state index in [2.05, 4.69) is 140 Å². The number of carbonyl (C=O) groups excluding carboxylic acids is 13. The topological polar surface area (TPSA) is 568 Å². The Balaban J connectivity index is 1.68. The summed E-state index contributed by atoms with van der Waals surface area (Å²) in [5.41, 5.74) is 6.48. The molecule has 0 bridgehead atoms. The second-order valence-corrected chi connectivity index (χ2v) is 25.0. The number of phenolic OH excluding ortho intramolecular Hbond substituents is 2. The predicted molar refractivity (Wildman–Crippen MR) is 378 cm³/mol. The van der Waals surface area contributed by atoms with Gasteiger partial charge in [0.2, 0.25) is 76.8 Å². The van der Waals surface area contributed by atoms with Crippen LogP contribution in [0.2, 0.25) is 0 Å². The van der Waals surface area contributed by atoms with Gasteiger partial charge in [-0.15, -0.1) is 0 Å². The van der Waals surface area contributed by atoms with Crippen molar-refractivity contribution in [1.82, 2.24) is 68.7 Å². The van der Waals surface area contributed by atoms with E-state index in [1.54, 1.807) is 0 Å². The molecule has 20 N–H and O–H groups in total. The number of phenols is 2. The number of likely N-dealkylation sites (tertiary alicyclic amines) is 1. The molecule has 3 rings (SSSR count). The molecule has 1 fully saturated rings. The molecular weight excluding hydrogens is 1450 g/mol. The third-order valence-electron chi connectivity index (χ3n) is 15.0. The number of carboxylic acids is 3. The summed E-state index contributed by atoms with van der Waals surface area (Å²) in [6.07, 6.45) is -4.33. The molecule has 42 heteroatoms. The minimum absolute atomic E-state index is 0.0362. The number of aliphatic hydroxyl groups is 1. The first-order valence-electron chi connectivity index (χ1n) is 30.8. The minimum Gasteiger partial charge on any atom is -0.508 e. The monoisotopic (exact) mass is 1530 g/mol. The van der Waals surface area contributed by atoms with Crippen molar-refractivity contribution in [3.05, 3.63) is 59.7 Å². The van der Waals surface area contributed by atoms with Crippen molar-refractivity contribution in [2.75, 3.05) is 47.6 Å². The number of carboxylic acid groups (broad SMARTS) is 3. The molecule has 1 aliphatic heterocycles. The van der Waals surface area contributed by atoms with Crippen LogP contribution in [0, 0.1) is 0 Å². The SMILES string of the molecule is C[C@H](NC(=O)[C@@H]1CCCN1C(=O)C(CC(=O)O)NC(=O)[C@H](CS)NC(=O)C(CS)NC(=O)[C@H](Cc1ccc(O)cc1)NC(=O)C(CCC(=O)O)NC(=O)[C@H](CS)NC(=O)[C@@H](N)CS)C(=O)N[C@@H](CS)C(=O)N[C@H](C(=O)NCC(=O)N[C@@H](CS)C(=O)N[C@@H](Cc1ccc(O)cc1)C(=O)O)[C@@H](C)O. The highest BCUT2D eigenvalue weighted by Gasteiger charge is 2.41. The standard InChI is InChI=1S/C59H84N14O22S6/c1-26(47(82)68-41(25-101)55(90)72-46(27(2)74)57(92)61-19-43(77)63-37(21-97)51(86)67-36(59(94)95)17-29-7-11-31(76)12-8-29)62-56(91)42-4-3-15-73(42)58(93)35(18-45(80)81)66-53(88)39(23-99)71-54(89)40(24-100)70-50(85)34(16-28-5-9-30(75)10-6-28)65-49(84)33(13-14-44(78)79)64-52(87)38(22-98)69-48(83)32(60)20-96/h5-12,26-27,32-42,46,74-76,96-101H,3-4,13-25,60H2,1-2H3,(H,61,92)(H,62,91)(H,63,77)(H,64,87)(H,65,84)(H,66,88)(H,67,86)(H,68,82)(H,69,83)(H,70,85)(H,71,89)(H,72,90)(H,78,79)(H,80,81)(H,94,95)/t26-,27+,32-,33?,34-,35?,36-,37-,38-,39-,40?,41-,42-,46-/m0/s1. The predicted octanol–water partition coefficient (Wildman–Crippen LogP) is -6.95. The molecule has 2 aromatic carbocycles. The van der Waals surface area contributed by atoms with Crippen molar-refractivity contribution < 1.29 is 107 Å². The van der Waals surface area contributed by atoms with Crippen LogP contribution in [0.25, 0.3) is 0 Å². The zero-order valence-electron chi connectivity index (χ0n) is 54.2. The van der Waals surface area contributed by atoms with Crippen molar-refractivity contribution in [3.63, 3.8) is 0 Å². The summed E-state index contributed by atoms with van der Waals surface area (Å²) in [5, 5.41) is 86.8. The third kappa shape index (κ3) is 28.9. The van der Waals surface area contributed by atoms with Gasteiger partial charge in [-0.1, -0.05) is 24.3 Å². The van der Waals surface area contributed by atoms with Crippen LogP contribution in [0.15, 0.2) is 48.5 Å². The van der Waals surface area contributed by atoms with E-state index in [-0.39, 0.29) is 61.0 Å². The molecule has 1 saturated heterocycles. The van der Waals surface area contributed by atoms with Crippen LogP contribution < -0.4 is 69.5 Å². The summed E-state index contributed by atoms with van der Waals surface area (Å²) >= 11 is 24.5. The second kappa shape index (κ2) is 43.4. The molecule has 1 aliphatic rings. The Labute approximate surface area is 611 Å². The Morgan fingerprint density at radius 1 is 0.475 bits per heavy atom. The van der Waals surface area contributed by atoms with Crippen LogP contribution in [0.1, 0.15) is 57.1 Å². The number of hydrogen-bond acceptors (Lipinski definition) is 26. The number of nitrogens with zero attached hydrogens (tertiary/aromatic N) is 1. The van der Waals surface area contributed by atoms with Crippen molar-refractivity contribution in [3.8, 4) is 11.5 Å². The number of aromatic hydroxyl groups is 2. The fourth-order valence-electron chi connectivity index (χ4n) is 9.38. The lowest BCUT2D eigenvalue weighted by Crippen LogP contribution is -2.61. The van der Waals surface area contributed by atoms with Gasteiger partial charge in [0.05, 0.1) is 25.1 Å². The zero-order valence-corrected chi connectivity index (χ0v) is 59.6. The van der Waals surface area contributed by atoms with Gasteiger partial charge in [0.1, 0.15) is 84.0 Å². The van der Waals surface area contributed by atoms with Gasteiger partial charge in [-0.2, -0.15) is 75.8 Å². The summed E-state index contributed by atoms with van der Waals surface area (Å²) in [6.45, 7) is 1.31. The molecule has 0 aromatic heterocycles. The number of carbonyl (C=O) groups is 16. The number of amides is 13. The average molecular weight is 1530 g/mol. The van der Waals surface area contributed by atoms with Gasteiger partial charge < -0.3 is 105 Å². The zero-order chi connectivity index (χ0) is 76.0. The van der Waals surface area contributed by atoms with Crippen LogP contribution >= 0.6 is 75.8 Å². The van der Waals surface area contributed by atoms with E-state index in [0.717, 1.165) is 11.8 Å². The second-order valence-electron chi connectivity index (χ2n) is 22.8. The Bertz CT molecular complexity index is 3290. The highest BCUT2D eigenvalue weighted by Crippen LogP contribution is 2.21. The normalized spacial score (nSPS) is 16.4. The van der Waals surface area contributed by atoms with Crippen LogP contribution in [0.3, 0.4) is 0 Å². The molecule has 0 radical (unpaired) electrons. The fraction of sp³-hybridized carbons (Fsp3) is 0.525. The summed E-state index contributed by atoms with van der Waals surface area (Å²) in [5.74, 6) is -20.2. The van der Waals surface area contributed by atoms with Gasteiger partial charge >= 0.3 is 17.9 Å². The fourth-order valence-corrected chi connectivity index (χ4v) is 10.8. The number of aliphatic carboxylic acids is 3. The lowest BCUT2D eigenvalue weighted by molar-refractivity contribution is -0.146. The molecule has 3 unspecified atom stereocenters. The molecule has 0 saturated carbocycles. The van der Waals surface area contributed by atoms with E-state index in [0.29, 0.717) is 11.1 Å². The van der Waals surface area contributed by atoms with Gasteiger partial charge in [0.15, 0.2) is 0 Å². The van der Waals surface area contributed by atoms with E-state index in [1.165, 1.54) is 55.5 Å². The number of benzene rings is 2. The number of nitrogens with one attached hydrogen (secondary N) is 12. The minimum atomic E-state index is -1.91. The van der Waals surface area contributed by atoms with Crippen LogP contribution in [0.4, 0.5) is 0 Å². The molecular formula is C59H84N14O22S6. The molecule has 13 amide bonds. The Hall–Kier alpha value is -8.42. The molecule has 2 aromatic rings. The average Bonchev–Trinajstić information content (AvgIpc) is 1.74. The van der Waals surface area contributed by atoms with E-state index in [9.17, 15) is 107 Å². The molecule has 101 heavy (non-hydrogen) atoms. The van der Waals surface area contributed by atoms with Gasteiger partial charge in [0, 0.05) is 60.3 Å².